The van der Waals surface area contributed by atoms with Gasteiger partial charge in [0.05, 0.1) is 29.7 Å². The number of nitrogens with zero attached hydrogens (tertiary/aromatic N) is 2. The molecular formula is C25H26F3N5O2. The van der Waals surface area contributed by atoms with Gasteiger partial charge in [0.2, 0.25) is 0 Å². The van der Waals surface area contributed by atoms with Crippen molar-refractivity contribution in [2.75, 3.05) is 11.1 Å². The second kappa shape index (κ2) is 11.5. The van der Waals surface area contributed by atoms with Crippen LogP contribution in [0.2, 0.25) is 0 Å². The van der Waals surface area contributed by atoms with Gasteiger partial charge in [0.1, 0.15) is 5.82 Å². The first kappa shape index (κ1) is 25.7. The number of hydrogen-bond acceptors (Lipinski definition) is 5. The Hall–Kier alpha value is -3.95. The van der Waals surface area contributed by atoms with Gasteiger partial charge in [0.25, 0.3) is 0 Å². The van der Waals surface area contributed by atoms with Gasteiger partial charge in [0.15, 0.2) is 0 Å². The molecule has 184 valence electrons. The number of benzene rings is 1. The number of carbonyl (C=O) groups is 2. The summed E-state index contributed by atoms with van der Waals surface area (Å²) in [6, 6.07) is 12.3. The fourth-order valence-electron chi connectivity index (χ4n) is 3.52. The number of amides is 2. The van der Waals surface area contributed by atoms with Gasteiger partial charge in [0, 0.05) is 6.20 Å². The molecule has 4 N–H and O–H groups in total. The molecule has 0 spiro atoms. The van der Waals surface area contributed by atoms with Gasteiger partial charge in [-0.2, -0.15) is 13.2 Å². The zero-order valence-electron chi connectivity index (χ0n) is 19.2. The Bertz CT molecular complexity index is 1160. The van der Waals surface area contributed by atoms with E-state index in [1.807, 2.05) is 6.92 Å². The minimum absolute atomic E-state index is 0.182. The number of alkyl halides is 3. The summed E-state index contributed by atoms with van der Waals surface area (Å²) in [6.45, 7) is 1.67. The van der Waals surface area contributed by atoms with Crippen molar-refractivity contribution in [3.05, 3.63) is 82.8 Å². The van der Waals surface area contributed by atoms with E-state index in [9.17, 15) is 22.8 Å². The van der Waals surface area contributed by atoms with Gasteiger partial charge in [-0.3, -0.25) is 14.6 Å². The Labute approximate surface area is 201 Å². The van der Waals surface area contributed by atoms with Crippen LogP contribution in [0.15, 0.2) is 54.9 Å². The van der Waals surface area contributed by atoms with Gasteiger partial charge in [-0.05, 0) is 60.6 Å². The minimum atomic E-state index is -4.49. The molecule has 0 aliphatic heterocycles. The van der Waals surface area contributed by atoms with Crippen molar-refractivity contribution >= 4 is 23.3 Å². The zero-order valence-corrected chi connectivity index (χ0v) is 19.2. The molecule has 0 fully saturated rings. The van der Waals surface area contributed by atoms with Crippen LogP contribution >= 0.6 is 0 Å². The molecule has 0 unspecified atom stereocenters. The first-order valence-electron chi connectivity index (χ1n) is 11.1. The Kier molecular flexibility index (Phi) is 8.40. The molecule has 2 amide bonds. The zero-order chi connectivity index (χ0) is 25.4. The lowest BCUT2D eigenvalue weighted by molar-refractivity contribution is -0.137. The molecule has 4 rings (SSSR count). The van der Waals surface area contributed by atoms with Crippen LogP contribution in [-0.4, -0.2) is 21.8 Å². The molecule has 2 heterocycles. The molecule has 0 saturated heterocycles. The van der Waals surface area contributed by atoms with Crippen LogP contribution in [-0.2, 0) is 41.6 Å². The molecule has 2 aromatic heterocycles. The number of carbonyl (C=O) groups excluding carboxylic acids is 2. The van der Waals surface area contributed by atoms with Gasteiger partial charge in [-0.15, -0.1) is 0 Å². The Morgan fingerprint density at radius 2 is 1.69 bits per heavy atom. The second-order valence-corrected chi connectivity index (χ2v) is 7.92. The highest BCUT2D eigenvalue weighted by Gasteiger charge is 2.30. The average molecular weight is 486 g/mol. The lowest BCUT2D eigenvalue weighted by Gasteiger charge is -2.09. The number of hydrogen-bond donors (Lipinski definition) is 3. The van der Waals surface area contributed by atoms with E-state index < -0.39 is 23.6 Å². The number of nitrogen functional groups attached to an aromatic ring is 1. The SMILES string of the molecule is CCc1cc(NC(=O)C(=O)NCc2ccc(C(F)(F)F)cn2)cnc1N.c1ccc2c(c1)CCC2. The van der Waals surface area contributed by atoms with E-state index in [0.717, 1.165) is 17.7 Å². The van der Waals surface area contributed by atoms with Crippen LogP contribution < -0.4 is 16.4 Å². The third-order valence-corrected chi connectivity index (χ3v) is 5.44. The van der Waals surface area contributed by atoms with Gasteiger partial charge in [-0.25, -0.2) is 4.98 Å². The quantitative estimate of drug-likeness (QED) is 0.483. The third-order valence-electron chi connectivity index (χ3n) is 5.44. The lowest BCUT2D eigenvalue weighted by atomic mass is 10.1. The maximum atomic E-state index is 12.4. The number of aromatic nitrogens is 2. The van der Waals surface area contributed by atoms with Crippen molar-refractivity contribution in [3.8, 4) is 0 Å². The van der Waals surface area contributed by atoms with Crippen LogP contribution in [0, 0.1) is 0 Å². The molecule has 1 aromatic carbocycles. The third kappa shape index (κ3) is 7.26. The Morgan fingerprint density at radius 3 is 2.26 bits per heavy atom. The number of anilines is 2. The first-order chi connectivity index (χ1) is 16.7. The lowest BCUT2D eigenvalue weighted by Crippen LogP contribution is -2.35. The van der Waals surface area contributed by atoms with Crippen LogP contribution in [0.5, 0.6) is 0 Å². The second-order valence-electron chi connectivity index (χ2n) is 7.92. The molecule has 1 aliphatic rings. The predicted octanol–water partition coefficient (Wildman–Crippen LogP) is 4.07. The summed E-state index contributed by atoms with van der Waals surface area (Å²) < 4.78 is 37.3. The van der Waals surface area contributed by atoms with Gasteiger partial charge >= 0.3 is 18.0 Å². The molecule has 1 aliphatic carbocycles. The van der Waals surface area contributed by atoms with Crippen molar-refractivity contribution in [2.45, 2.75) is 45.3 Å². The summed E-state index contributed by atoms with van der Waals surface area (Å²) in [6.07, 6.45) is 2.06. The van der Waals surface area contributed by atoms with Crippen LogP contribution in [0.1, 0.15) is 41.3 Å². The summed E-state index contributed by atoms with van der Waals surface area (Å²) in [7, 11) is 0. The number of aryl methyl sites for hydroxylation is 3. The molecular weight excluding hydrogens is 459 g/mol. The molecule has 10 heteroatoms. The predicted molar refractivity (Wildman–Crippen MR) is 126 cm³/mol. The summed E-state index contributed by atoms with van der Waals surface area (Å²) in [4.78, 5) is 31.2. The fourth-order valence-corrected chi connectivity index (χ4v) is 3.52. The molecule has 0 saturated carbocycles. The van der Waals surface area contributed by atoms with E-state index in [-0.39, 0.29) is 12.2 Å². The maximum Gasteiger partial charge on any atom is 0.417 e. The summed E-state index contributed by atoms with van der Waals surface area (Å²) >= 11 is 0. The van der Waals surface area contributed by atoms with Crippen molar-refractivity contribution in [1.82, 2.24) is 15.3 Å². The molecule has 3 aromatic rings. The topological polar surface area (TPSA) is 110 Å². The van der Waals surface area contributed by atoms with Crippen LogP contribution in [0.3, 0.4) is 0 Å². The highest BCUT2D eigenvalue weighted by molar-refractivity contribution is 6.39. The maximum absolute atomic E-state index is 12.4. The largest absolute Gasteiger partial charge is 0.417 e. The molecule has 35 heavy (non-hydrogen) atoms. The van der Waals surface area contributed by atoms with Crippen LogP contribution in [0.25, 0.3) is 0 Å². The number of nitrogens with two attached hydrogens (primary N) is 1. The Morgan fingerprint density at radius 1 is 1.00 bits per heavy atom. The standard InChI is InChI=1S/C16H16F3N5O2.C9H10/c1-2-9-5-12(8-22-13(9)20)24-15(26)14(25)23-7-11-4-3-10(6-21-11)16(17,18)19;1-2-5-9-7-3-6-8(9)4-1/h3-6,8H,2,7H2,1H3,(H2,20,22)(H,23,25)(H,24,26);1-2,4-5H,3,6-7H2. The van der Waals surface area contributed by atoms with E-state index in [1.165, 1.54) is 25.5 Å². The summed E-state index contributed by atoms with van der Waals surface area (Å²) in [5, 5.41) is 4.65. The summed E-state index contributed by atoms with van der Waals surface area (Å²) in [5.41, 5.74) is 9.11. The summed E-state index contributed by atoms with van der Waals surface area (Å²) in [5.74, 6) is -1.56. The van der Waals surface area contributed by atoms with E-state index in [4.69, 9.17) is 5.73 Å². The van der Waals surface area contributed by atoms with Gasteiger partial charge in [-0.1, -0.05) is 31.2 Å². The van der Waals surface area contributed by atoms with Crippen molar-refractivity contribution in [3.63, 3.8) is 0 Å². The molecule has 0 radical (unpaired) electrons. The van der Waals surface area contributed by atoms with E-state index in [0.29, 0.717) is 24.1 Å². The average Bonchev–Trinajstić information content (AvgIpc) is 3.33. The monoisotopic (exact) mass is 485 g/mol. The van der Waals surface area contributed by atoms with Crippen molar-refractivity contribution in [2.24, 2.45) is 0 Å². The number of halogens is 3. The highest BCUT2D eigenvalue weighted by Crippen LogP contribution is 2.28. The number of fused-ring (bicyclic) bond motifs is 1. The first-order valence-corrected chi connectivity index (χ1v) is 11.1. The smallest absolute Gasteiger partial charge is 0.383 e. The number of rotatable bonds is 4. The number of pyridine rings is 2. The molecule has 0 bridgehead atoms. The molecule has 7 nitrogen and oxygen atoms in total. The number of nitrogens with one attached hydrogen (secondary N) is 2. The minimum Gasteiger partial charge on any atom is -0.383 e. The van der Waals surface area contributed by atoms with E-state index >= 15 is 0 Å². The van der Waals surface area contributed by atoms with E-state index in [1.54, 1.807) is 17.2 Å². The highest BCUT2D eigenvalue weighted by atomic mass is 19.4. The van der Waals surface area contributed by atoms with E-state index in [2.05, 4.69) is 44.9 Å². The van der Waals surface area contributed by atoms with Crippen LogP contribution in [0.4, 0.5) is 24.7 Å². The van der Waals surface area contributed by atoms with Crippen molar-refractivity contribution < 1.29 is 22.8 Å². The van der Waals surface area contributed by atoms with Crippen molar-refractivity contribution in [1.29, 1.82) is 0 Å². The van der Waals surface area contributed by atoms with Gasteiger partial charge < -0.3 is 16.4 Å². The normalized spacial score (nSPS) is 12.2. The Balaban J connectivity index is 0.000000313. The molecule has 0 atom stereocenters. The fraction of sp³-hybridized carbons (Fsp3) is 0.280.